The van der Waals surface area contributed by atoms with Crippen molar-refractivity contribution in [2.75, 3.05) is 11.9 Å². The predicted octanol–water partition coefficient (Wildman–Crippen LogP) is 2.85. The Kier molecular flexibility index (Phi) is 4.22. The highest BCUT2D eigenvalue weighted by Gasteiger charge is 2.26. The Labute approximate surface area is 141 Å². The zero-order valence-electron chi connectivity index (χ0n) is 14.5. The average Bonchev–Trinajstić information content (AvgIpc) is 2.82. The topological polar surface area (TPSA) is 65.4 Å². The van der Waals surface area contributed by atoms with Gasteiger partial charge in [-0.3, -0.25) is 9.48 Å². The Hall–Kier alpha value is -2.50. The standard InChI is InChI=1S/C18H23N3O3/c1-12-9-16(21(4)20-12)19-17(22)11-23-14-5-6-15-13(10-14)7-8-18(2,3)24-15/h5-6,9-10H,7-8,11H2,1-4H3,(H,19,22). The van der Waals surface area contributed by atoms with Gasteiger partial charge in [0.2, 0.25) is 0 Å². The number of hydrogen-bond donors (Lipinski definition) is 1. The number of aryl methyl sites for hydroxylation is 3. The minimum atomic E-state index is -0.215. The lowest BCUT2D eigenvalue weighted by Gasteiger charge is -2.32. The number of hydrogen-bond acceptors (Lipinski definition) is 4. The van der Waals surface area contributed by atoms with Crippen molar-refractivity contribution in [3.05, 3.63) is 35.5 Å². The highest BCUT2D eigenvalue weighted by molar-refractivity contribution is 5.91. The minimum absolute atomic E-state index is 0.0463. The quantitative estimate of drug-likeness (QED) is 0.937. The van der Waals surface area contributed by atoms with Gasteiger partial charge in [0.25, 0.3) is 5.91 Å². The molecule has 0 saturated heterocycles. The van der Waals surface area contributed by atoms with Gasteiger partial charge in [-0.15, -0.1) is 0 Å². The number of rotatable bonds is 4. The molecule has 0 atom stereocenters. The number of anilines is 1. The van der Waals surface area contributed by atoms with Gasteiger partial charge in [0, 0.05) is 13.1 Å². The van der Waals surface area contributed by atoms with Crippen LogP contribution in [-0.2, 0) is 18.3 Å². The summed E-state index contributed by atoms with van der Waals surface area (Å²) in [6, 6.07) is 7.51. The Balaban J connectivity index is 1.59. The van der Waals surface area contributed by atoms with Crippen LogP contribution in [0.1, 0.15) is 31.5 Å². The zero-order chi connectivity index (χ0) is 17.3. The summed E-state index contributed by atoms with van der Waals surface area (Å²) < 4.78 is 13.2. The third-order valence-electron chi connectivity index (χ3n) is 4.05. The zero-order valence-corrected chi connectivity index (χ0v) is 14.5. The van der Waals surface area contributed by atoms with E-state index in [1.807, 2.05) is 31.2 Å². The van der Waals surface area contributed by atoms with Gasteiger partial charge in [0.1, 0.15) is 22.9 Å². The molecule has 3 rings (SSSR count). The monoisotopic (exact) mass is 329 g/mol. The molecule has 1 aliphatic heterocycles. The number of carbonyl (C=O) groups excluding carboxylic acids is 1. The van der Waals surface area contributed by atoms with Gasteiger partial charge in [-0.25, -0.2) is 0 Å². The molecule has 0 bridgehead atoms. The highest BCUT2D eigenvalue weighted by atomic mass is 16.5. The number of amides is 1. The van der Waals surface area contributed by atoms with Crippen LogP contribution in [0.3, 0.4) is 0 Å². The molecule has 0 saturated carbocycles. The van der Waals surface area contributed by atoms with Crippen molar-refractivity contribution in [2.45, 2.75) is 39.2 Å². The second-order valence-corrected chi connectivity index (χ2v) is 6.76. The lowest BCUT2D eigenvalue weighted by molar-refractivity contribution is -0.118. The first-order valence-corrected chi connectivity index (χ1v) is 8.08. The van der Waals surface area contributed by atoms with Gasteiger partial charge < -0.3 is 14.8 Å². The fourth-order valence-corrected chi connectivity index (χ4v) is 2.78. The third-order valence-corrected chi connectivity index (χ3v) is 4.05. The molecular weight excluding hydrogens is 306 g/mol. The van der Waals surface area contributed by atoms with Crippen molar-refractivity contribution in [1.82, 2.24) is 9.78 Å². The van der Waals surface area contributed by atoms with E-state index in [1.165, 1.54) is 0 Å². The van der Waals surface area contributed by atoms with Gasteiger partial charge in [0.15, 0.2) is 6.61 Å². The van der Waals surface area contributed by atoms with E-state index >= 15 is 0 Å². The fraction of sp³-hybridized carbons (Fsp3) is 0.444. The molecule has 1 N–H and O–H groups in total. The number of nitrogens with zero attached hydrogens (tertiary/aromatic N) is 2. The molecule has 128 valence electrons. The van der Waals surface area contributed by atoms with E-state index in [1.54, 1.807) is 11.7 Å². The van der Waals surface area contributed by atoms with Gasteiger partial charge in [-0.2, -0.15) is 5.10 Å². The Morgan fingerprint density at radius 1 is 1.42 bits per heavy atom. The largest absolute Gasteiger partial charge is 0.488 e. The summed E-state index contributed by atoms with van der Waals surface area (Å²) in [5.41, 5.74) is 1.84. The van der Waals surface area contributed by atoms with Crippen LogP contribution < -0.4 is 14.8 Å². The molecule has 2 aromatic rings. The first-order chi connectivity index (χ1) is 11.3. The smallest absolute Gasteiger partial charge is 0.263 e. The maximum Gasteiger partial charge on any atom is 0.263 e. The van der Waals surface area contributed by atoms with Crippen LogP contribution in [0, 0.1) is 6.92 Å². The van der Waals surface area contributed by atoms with Crippen molar-refractivity contribution in [1.29, 1.82) is 0 Å². The molecule has 1 aliphatic rings. The number of aromatic nitrogens is 2. The lowest BCUT2D eigenvalue weighted by Crippen LogP contribution is -2.32. The number of carbonyl (C=O) groups is 1. The molecule has 1 aromatic heterocycles. The van der Waals surface area contributed by atoms with Crippen LogP contribution in [0.5, 0.6) is 11.5 Å². The summed E-state index contributed by atoms with van der Waals surface area (Å²) in [4.78, 5) is 12.0. The van der Waals surface area contributed by atoms with Gasteiger partial charge in [-0.1, -0.05) is 0 Å². The van der Waals surface area contributed by atoms with Gasteiger partial charge >= 0.3 is 0 Å². The van der Waals surface area contributed by atoms with Crippen LogP contribution in [0.25, 0.3) is 0 Å². The summed E-state index contributed by atoms with van der Waals surface area (Å²) in [6.07, 6.45) is 1.91. The Bertz CT molecular complexity index is 765. The summed E-state index contributed by atoms with van der Waals surface area (Å²) in [7, 11) is 1.79. The molecule has 0 fully saturated rings. The van der Waals surface area contributed by atoms with Crippen LogP contribution in [-0.4, -0.2) is 27.9 Å². The van der Waals surface area contributed by atoms with Crippen molar-refractivity contribution in [3.63, 3.8) is 0 Å². The van der Waals surface area contributed by atoms with Crippen molar-refractivity contribution >= 4 is 11.7 Å². The number of ether oxygens (including phenoxy) is 2. The van der Waals surface area contributed by atoms with Gasteiger partial charge in [0.05, 0.1) is 5.69 Å². The van der Waals surface area contributed by atoms with E-state index in [2.05, 4.69) is 24.3 Å². The number of fused-ring (bicyclic) bond motifs is 1. The van der Waals surface area contributed by atoms with Crippen LogP contribution >= 0.6 is 0 Å². The van der Waals surface area contributed by atoms with Gasteiger partial charge in [-0.05, 0) is 57.4 Å². The molecular formula is C18H23N3O3. The maximum atomic E-state index is 12.0. The molecule has 0 radical (unpaired) electrons. The molecule has 1 aromatic carbocycles. The summed E-state index contributed by atoms with van der Waals surface area (Å²) in [5.74, 6) is 2.01. The fourth-order valence-electron chi connectivity index (χ4n) is 2.78. The van der Waals surface area contributed by atoms with E-state index in [4.69, 9.17) is 9.47 Å². The molecule has 0 spiro atoms. The predicted molar refractivity (Wildman–Crippen MR) is 91.5 cm³/mol. The molecule has 0 aliphatic carbocycles. The molecule has 1 amide bonds. The second kappa shape index (κ2) is 6.19. The van der Waals surface area contributed by atoms with E-state index < -0.39 is 0 Å². The van der Waals surface area contributed by atoms with Crippen LogP contribution in [0.4, 0.5) is 5.82 Å². The first-order valence-electron chi connectivity index (χ1n) is 8.08. The highest BCUT2D eigenvalue weighted by Crippen LogP contribution is 2.35. The molecule has 6 heteroatoms. The minimum Gasteiger partial charge on any atom is -0.488 e. The SMILES string of the molecule is Cc1cc(NC(=O)COc2ccc3c(c2)CCC(C)(C)O3)n(C)n1. The van der Waals surface area contributed by atoms with Crippen molar-refractivity contribution < 1.29 is 14.3 Å². The van der Waals surface area contributed by atoms with E-state index in [0.29, 0.717) is 11.6 Å². The maximum absolute atomic E-state index is 12.0. The van der Waals surface area contributed by atoms with E-state index in [9.17, 15) is 4.79 Å². The summed E-state index contributed by atoms with van der Waals surface area (Å²) in [6.45, 7) is 6.01. The molecule has 0 unspecified atom stereocenters. The lowest BCUT2D eigenvalue weighted by atomic mass is 9.94. The Morgan fingerprint density at radius 3 is 2.92 bits per heavy atom. The van der Waals surface area contributed by atoms with Crippen LogP contribution in [0.15, 0.2) is 24.3 Å². The summed E-state index contributed by atoms with van der Waals surface area (Å²) >= 11 is 0. The van der Waals surface area contributed by atoms with E-state index in [0.717, 1.165) is 29.8 Å². The molecule has 2 heterocycles. The first kappa shape index (κ1) is 16.4. The van der Waals surface area contributed by atoms with Crippen molar-refractivity contribution in [3.8, 4) is 11.5 Å². The molecule has 6 nitrogen and oxygen atoms in total. The summed E-state index contributed by atoms with van der Waals surface area (Å²) in [5, 5.41) is 6.98. The number of nitrogens with one attached hydrogen (secondary N) is 1. The number of benzene rings is 1. The third kappa shape index (κ3) is 3.69. The van der Waals surface area contributed by atoms with Crippen molar-refractivity contribution in [2.24, 2.45) is 7.05 Å². The van der Waals surface area contributed by atoms with Crippen LogP contribution in [0.2, 0.25) is 0 Å². The average molecular weight is 329 g/mol. The normalized spacial score (nSPS) is 15.3. The Morgan fingerprint density at radius 2 is 2.21 bits per heavy atom. The second-order valence-electron chi connectivity index (χ2n) is 6.76. The molecule has 24 heavy (non-hydrogen) atoms. The van der Waals surface area contributed by atoms with E-state index in [-0.39, 0.29) is 18.1 Å².